The molecular formula is C15H10ClF3N4. The Kier molecular flexibility index (Phi) is 3.09. The monoisotopic (exact) mass is 338 g/mol. The van der Waals surface area contributed by atoms with E-state index >= 15 is 0 Å². The summed E-state index contributed by atoms with van der Waals surface area (Å²) in [7, 11) is 0. The van der Waals surface area contributed by atoms with Crippen molar-refractivity contribution in [1.82, 2.24) is 19.6 Å². The van der Waals surface area contributed by atoms with Gasteiger partial charge in [0.1, 0.15) is 10.8 Å². The summed E-state index contributed by atoms with van der Waals surface area (Å²) in [6.45, 7) is 0. The Bertz CT molecular complexity index is 890. The second-order valence-corrected chi connectivity index (χ2v) is 5.93. The minimum atomic E-state index is -4.43. The van der Waals surface area contributed by atoms with Crippen LogP contribution in [0, 0.1) is 0 Å². The van der Waals surface area contributed by atoms with Gasteiger partial charge in [-0.15, -0.1) is 0 Å². The molecule has 1 fully saturated rings. The zero-order valence-corrected chi connectivity index (χ0v) is 12.4. The molecule has 0 unspecified atom stereocenters. The summed E-state index contributed by atoms with van der Waals surface area (Å²) >= 11 is 6.01. The minimum absolute atomic E-state index is 0.0121. The van der Waals surface area contributed by atoms with E-state index in [0.29, 0.717) is 16.4 Å². The molecule has 0 aliphatic heterocycles. The number of rotatable bonds is 2. The number of imidazole rings is 1. The summed E-state index contributed by atoms with van der Waals surface area (Å²) in [5.41, 5.74) is 1.37. The van der Waals surface area contributed by atoms with Crippen molar-refractivity contribution < 1.29 is 13.2 Å². The number of hydrogen-bond donors (Lipinski definition) is 0. The van der Waals surface area contributed by atoms with Gasteiger partial charge in [0.05, 0.1) is 0 Å². The van der Waals surface area contributed by atoms with Crippen LogP contribution in [0.3, 0.4) is 0 Å². The van der Waals surface area contributed by atoms with Crippen molar-refractivity contribution in [3.05, 3.63) is 58.8 Å². The molecule has 4 nitrogen and oxygen atoms in total. The maximum absolute atomic E-state index is 12.8. The van der Waals surface area contributed by atoms with Gasteiger partial charge in [0, 0.05) is 24.2 Å². The first-order valence-electron chi connectivity index (χ1n) is 6.96. The lowest BCUT2D eigenvalue weighted by atomic mass is 10.1. The van der Waals surface area contributed by atoms with Crippen LogP contribution >= 0.6 is 11.6 Å². The van der Waals surface area contributed by atoms with Crippen LogP contribution in [0.25, 0.3) is 5.65 Å². The summed E-state index contributed by atoms with van der Waals surface area (Å²) in [4.78, 5) is 7.66. The van der Waals surface area contributed by atoms with Gasteiger partial charge in [-0.25, -0.2) is 9.50 Å². The van der Waals surface area contributed by atoms with E-state index in [0.717, 1.165) is 18.1 Å². The highest BCUT2D eigenvalue weighted by Crippen LogP contribution is 2.55. The molecule has 3 aromatic heterocycles. The average molecular weight is 339 g/mol. The van der Waals surface area contributed by atoms with E-state index < -0.39 is 11.9 Å². The first-order valence-corrected chi connectivity index (χ1v) is 7.34. The van der Waals surface area contributed by atoms with Crippen LogP contribution in [0.4, 0.5) is 13.2 Å². The van der Waals surface area contributed by atoms with Crippen molar-refractivity contribution in [2.75, 3.05) is 0 Å². The fraction of sp³-hybridized carbons (Fsp3) is 0.267. The molecule has 1 aliphatic rings. The number of halogens is 4. The molecule has 3 heterocycles. The minimum Gasteiger partial charge on any atom is -0.252 e. The van der Waals surface area contributed by atoms with Gasteiger partial charge >= 0.3 is 6.18 Å². The number of pyridine rings is 1. The molecule has 0 bridgehead atoms. The second-order valence-electron chi connectivity index (χ2n) is 5.54. The smallest absolute Gasteiger partial charge is 0.252 e. The van der Waals surface area contributed by atoms with E-state index in [1.165, 1.54) is 6.20 Å². The highest BCUT2D eigenvalue weighted by atomic mass is 35.5. The van der Waals surface area contributed by atoms with Gasteiger partial charge in [-0.3, -0.25) is 4.98 Å². The van der Waals surface area contributed by atoms with Crippen LogP contribution in [0.15, 0.2) is 36.8 Å². The Morgan fingerprint density at radius 2 is 1.96 bits per heavy atom. The predicted octanol–water partition coefficient (Wildman–Crippen LogP) is 4.07. The maximum Gasteiger partial charge on any atom is 0.433 e. The molecule has 4 rings (SSSR count). The van der Waals surface area contributed by atoms with Crippen LogP contribution in [-0.4, -0.2) is 19.6 Å². The van der Waals surface area contributed by atoms with Gasteiger partial charge < -0.3 is 0 Å². The van der Waals surface area contributed by atoms with Gasteiger partial charge in [0.15, 0.2) is 5.65 Å². The summed E-state index contributed by atoms with van der Waals surface area (Å²) in [6.07, 6.45) is 0.836. The molecule has 0 saturated heterocycles. The van der Waals surface area contributed by atoms with Gasteiger partial charge in [-0.05, 0) is 42.0 Å². The largest absolute Gasteiger partial charge is 0.433 e. The van der Waals surface area contributed by atoms with E-state index in [9.17, 15) is 13.2 Å². The first kappa shape index (κ1) is 14.4. The molecule has 2 atom stereocenters. The zero-order chi connectivity index (χ0) is 16.2. The van der Waals surface area contributed by atoms with E-state index in [1.54, 1.807) is 29.0 Å². The quantitative estimate of drug-likeness (QED) is 0.707. The Labute approximate surface area is 133 Å². The van der Waals surface area contributed by atoms with E-state index in [1.807, 2.05) is 0 Å². The van der Waals surface area contributed by atoms with Gasteiger partial charge in [0.25, 0.3) is 0 Å². The summed E-state index contributed by atoms with van der Waals surface area (Å²) in [5, 5.41) is 4.45. The Morgan fingerprint density at radius 1 is 1.13 bits per heavy atom. The van der Waals surface area contributed by atoms with Gasteiger partial charge in [0.2, 0.25) is 0 Å². The van der Waals surface area contributed by atoms with Crippen molar-refractivity contribution in [2.24, 2.45) is 0 Å². The first-order chi connectivity index (χ1) is 10.9. The number of hydrogen-bond acceptors (Lipinski definition) is 3. The van der Waals surface area contributed by atoms with Crippen LogP contribution in [0.5, 0.6) is 0 Å². The fourth-order valence-corrected chi connectivity index (χ4v) is 3.12. The third kappa shape index (κ3) is 2.55. The molecule has 1 aliphatic carbocycles. The fourth-order valence-electron chi connectivity index (χ4n) is 2.92. The lowest BCUT2D eigenvalue weighted by molar-refractivity contribution is -0.141. The third-order valence-corrected chi connectivity index (χ3v) is 4.23. The molecule has 0 N–H and O–H groups in total. The van der Waals surface area contributed by atoms with Crippen LogP contribution in [-0.2, 0) is 6.18 Å². The molecule has 23 heavy (non-hydrogen) atoms. The van der Waals surface area contributed by atoms with Crippen molar-refractivity contribution in [3.8, 4) is 0 Å². The van der Waals surface area contributed by atoms with Gasteiger partial charge in [-0.2, -0.15) is 18.3 Å². The van der Waals surface area contributed by atoms with Crippen molar-refractivity contribution in [3.63, 3.8) is 0 Å². The summed E-state index contributed by atoms with van der Waals surface area (Å²) < 4.78 is 40.0. The predicted molar refractivity (Wildman–Crippen MR) is 77.3 cm³/mol. The molecule has 118 valence electrons. The molecule has 0 spiro atoms. The maximum atomic E-state index is 12.8. The van der Waals surface area contributed by atoms with Crippen molar-refractivity contribution in [2.45, 2.75) is 24.4 Å². The number of alkyl halides is 3. The Morgan fingerprint density at radius 3 is 2.74 bits per heavy atom. The topological polar surface area (TPSA) is 43.1 Å². The summed E-state index contributed by atoms with van der Waals surface area (Å²) in [5.74, 6) is 0.0990. The van der Waals surface area contributed by atoms with Crippen molar-refractivity contribution in [1.29, 1.82) is 0 Å². The number of nitrogens with zero attached hydrogens (tertiary/aromatic N) is 4. The SMILES string of the molecule is FC(F)(F)c1cc([C@H]2C[C@@H]2c2cc(Cl)nn3ccnc23)ccn1. The second kappa shape index (κ2) is 4.92. The molecule has 8 heteroatoms. The lowest BCUT2D eigenvalue weighted by Crippen LogP contribution is -2.08. The van der Waals surface area contributed by atoms with Crippen LogP contribution in [0.1, 0.15) is 35.1 Å². The zero-order valence-electron chi connectivity index (χ0n) is 11.6. The normalized spacial score (nSPS) is 20.9. The summed E-state index contributed by atoms with van der Waals surface area (Å²) in [6, 6.07) is 4.49. The third-order valence-electron chi connectivity index (χ3n) is 4.05. The highest BCUT2D eigenvalue weighted by Gasteiger charge is 2.42. The van der Waals surface area contributed by atoms with Gasteiger partial charge in [-0.1, -0.05) is 11.6 Å². The molecular weight excluding hydrogens is 329 g/mol. The lowest BCUT2D eigenvalue weighted by Gasteiger charge is -2.08. The average Bonchev–Trinajstić information content (AvgIpc) is 3.16. The van der Waals surface area contributed by atoms with Crippen molar-refractivity contribution >= 4 is 17.2 Å². The standard InChI is InChI=1S/C15H10ClF3N4/c16-13-7-11(14-21-3-4-23(14)22-13)10-6-9(10)8-1-2-20-12(5-8)15(17,18)19/h1-5,7,9-10H,6H2/t9-,10+/m1/s1. The van der Waals surface area contributed by atoms with Crippen LogP contribution < -0.4 is 0 Å². The molecule has 1 saturated carbocycles. The molecule has 0 aromatic carbocycles. The van der Waals surface area contributed by atoms with E-state index in [4.69, 9.17) is 11.6 Å². The highest BCUT2D eigenvalue weighted by molar-refractivity contribution is 6.29. The van der Waals surface area contributed by atoms with E-state index in [2.05, 4.69) is 15.1 Å². The Balaban J connectivity index is 1.69. The van der Waals surface area contributed by atoms with Crippen LogP contribution in [0.2, 0.25) is 5.15 Å². The van der Waals surface area contributed by atoms with E-state index in [-0.39, 0.29) is 11.8 Å². The molecule has 3 aromatic rings. The number of fused-ring (bicyclic) bond motifs is 1. The Hall–Kier alpha value is -2.15. The number of aromatic nitrogens is 4. The molecule has 0 amide bonds. The molecule has 0 radical (unpaired) electrons.